The molecule has 0 fully saturated rings. The standard InChI is InChI=1S/C8H14N2O/c1-7(2)6-10-8(11-3)4-5-9-10/h4-5,7H,6H2,1-3H3. The minimum Gasteiger partial charge on any atom is -0.481 e. The van der Waals surface area contributed by atoms with Crippen LogP contribution in [0.3, 0.4) is 0 Å². The van der Waals surface area contributed by atoms with Crippen LogP contribution in [0.4, 0.5) is 0 Å². The lowest BCUT2D eigenvalue weighted by Crippen LogP contribution is -2.07. The lowest BCUT2D eigenvalue weighted by molar-refractivity contribution is 0.343. The average molecular weight is 154 g/mol. The number of aromatic nitrogens is 2. The van der Waals surface area contributed by atoms with E-state index in [4.69, 9.17) is 4.74 Å². The number of nitrogens with zero attached hydrogens (tertiary/aromatic N) is 2. The monoisotopic (exact) mass is 154 g/mol. The molecule has 1 aromatic heterocycles. The van der Waals surface area contributed by atoms with Crippen molar-refractivity contribution in [2.24, 2.45) is 5.92 Å². The highest BCUT2D eigenvalue weighted by Gasteiger charge is 2.02. The van der Waals surface area contributed by atoms with E-state index in [0.29, 0.717) is 5.92 Å². The summed E-state index contributed by atoms with van der Waals surface area (Å²) < 4.78 is 6.95. The maximum Gasteiger partial charge on any atom is 0.211 e. The Hall–Kier alpha value is -0.990. The summed E-state index contributed by atoms with van der Waals surface area (Å²) in [4.78, 5) is 0. The molecule has 11 heavy (non-hydrogen) atoms. The van der Waals surface area contributed by atoms with Crippen molar-refractivity contribution in [3.8, 4) is 5.88 Å². The molecule has 0 aliphatic rings. The van der Waals surface area contributed by atoms with Crippen LogP contribution in [0.15, 0.2) is 12.3 Å². The predicted octanol–water partition coefficient (Wildman–Crippen LogP) is 1.55. The maximum atomic E-state index is 5.09. The second-order valence-corrected chi connectivity index (χ2v) is 2.95. The van der Waals surface area contributed by atoms with Gasteiger partial charge < -0.3 is 4.74 Å². The average Bonchev–Trinajstić information content (AvgIpc) is 2.34. The molecule has 1 rings (SSSR count). The summed E-state index contributed by atoms with van der Waals surface area (Å²) in [5.74, 6) is 1.43. The van der Waals surface area contributed by atoms with Gasteiger partial charge in [0.2, 0.25) is 5.88 Å². The lowest BCUT2D eigenvalue weighted by Gasteiger charge is -2.07. The van der Waals surface area contributed by atoms with E-state index in [9.17, 15) is 0 Å². The topological polar surface area (TPSA) is 27.1 Å². The number of hydrogen-bond donors (Lipinski definition) is 0. The Morgan fingerprint density at radius 3 is 2.91 bits per heavy atom. The van der Waals surface area contributed by atoms with Crippen LogP contribution in [-0.4, -0.2) is 16.9 Å². The molecule has 0 aliphatic carbocycles. The first-order valence-electron chi connectivity index (χ1n) is 3.80. The van der Waals surface area contributed by atoms with Gasteiger partial charge >= 0.3 is 0 Å². The number of rotatable bonds is 3. The van der Waals surface area contributed by atoms with Gasteiger partial charge in [-0.1, -0.05) is 13.8 Å². The van der Waals surface area contributed by atoms with Gasteiger partial charge in [-0.15, -0.1) is 0 Å². The molecule has 3 nitrogen and oxygen atoms in total. The smallest absolute Gasteiger partial charge is 0.211 e. The first-order valence-corrected chi connectivity index (χ1v) is 3.80. The lowest BCUT2D eigenvalue weighted by atomic mass is 10.2. The summed E-state index contributed by atoms with van der Waals surface area (Å²) in [7, 11) is 1.66. The van der Waals surface area contributed by atoms with Gasteiger partial charge in [0.05, 0.1) is 13.3 Å². The number of hydrogen-bond acceptors (Lipinski definition) is 2. The van der Waals surface area contributed by atoms with Crippen LogP contribution in [0.1, 0.15) is 13.8 Å². The van der Waals surface area contributed by atoms with Gasteiger partial charge in [-0.05, 0) is 5.92 Å². The molecule has 62 valence electrons. The summed E-state index contributed by atoms with van der Waals surface area (Å²) in [5, 5.41) is 4.12. The molecule has 0 atom stereocenters. The summed E-state index contributed by atoms with van der Waals surface area (Å²) >= 11 is 0. The molecular formula is C8H14N2O. The Morgan fingerprint density at radius 2 is 2.36 bits per heavy atom. The quantitative estimate of drug-likeness (QED) is 0.660. The van der Waals surface area contributed by atoms with Crippen molar-refractivity contribution in [3.63, 3.8) is 0 Å². The third-order valence-electron chi connectivity index (χ3n) is 1.42. The van der Waals surface area contributed by atoms with Crippen LogP contribution in [0.5, 0.6) is 5.88 Å². The third kappa shape index (κ3) is 1.97. The summed E-state index contributed by atoms with van der Waals surface area (Å²) in [6.45, 7) is 5.22. The predicted molar refractivity (Wildman–Crippen MR) is 43.6 cm³/mol. The van der Waals surface area contributed by atoms with Crippen LogP contribution < -0.4 is 4.74 Å². The van der Waals surface area contributed by atoms with E-state index in [1.54, 1.807) is 13.3 Å². The van der Waals surface area contributed by atoms with E-state index < -0.39 is 0 Å². The van der Waals surface area contributed by atoms with Crippen molar-refractivity contribution in [2.45, 2.75) is 20.4 Å². The fraction of sp³-hybridized carbons (Fsp3) is 0.625. The normalized spacial score (nSPS) is 10.5. The second kappa shape index (κ2) is 3.42. The Bertz CT molecular complexity index is 218. The van der Waals surface area contributed by atoms with Crippen molar-refractivity contribution in [2.75, 3.05) is 7.11 Å². The van der Waals surface area contributed by atoms with Crippen LogP contribution >= 0.6 is 0 Å². The molecule has 0 spiro atoms. The van der Waals surface area contributed by atoms with Crippen molar-refractivity contribution >= 4 is 0 Å². The largest absolute Gasteiger partial charge is 0.481 e. The molecule has 1 heterocycles. The first kappa shape index (κ1) is 8.11. The maximum absolute atomic E-state index is 5.09. The molecule has 0 bridgehead atoms. The Labute approximate surface area is 67.0 Å². The molecule has 0 aromatic carbocycles. The van der Waals surface area contributed by atoms with Crippen molar-refractivity contribution in [3.05, 3.63) is 12.3 Å². The molecule has 1 aromatic rings. The van der Waals surface area contributed by atoms with Crippen LogP contribution in [0.25, 0.3) is 0 Å². The highest BCUT2D eigenvalue weighted by atomic mass is 16.5. The van der Waals surface area contributed by atoms with Gasteiger partial charge in [-0.25, -0.2) is 4.68 Å². The van der Waals surface area contributed by atoms with E-state index in [0.717, 1.165) is 12.4 Å². The highest BCUT2D eigenvalue weighted by Crippen LogP contribution is 2.10. The first-order chi connectivity index (χ1) is 5.24. The molecule has 0 saturated heterocycles. The van der Waals surface area contributed by atoms with E-state index in [1.165, 1.54) is 0 Å². The molecule has 0 unspecified atom stereocenters. The Balaban J connectivity index is 2.68. The number of methoxy groups -OCH3 is 1. The van der Waals surface area contributed by atoms with E-state index in [1.807, 2.05) is 10.7 Å². The minimum absolute atomic E-state index is 0.601. The van der Waals surface area contributed by atoms with Gasteiger partial charge in [-0.2, -0.15) is 5.10 Å². The molecule has 3 heteroatoms. The zero-order valence-corrected chi connectivity index (χ0v) is 7.24. The Morgan fingerprint density at radius 1 is 1.64 bits per heavy atom. The molecular weight excluding hydrogens is 140 g/mol. The van der Waals surface area contributed by atoms with Gasteiger partial charge in [0.1, 0.15) is 0 Å². The van der Waals surface area contributed by atoms with E-state index >= 15 is 0 Å². The van der Waals surface area contributed by atoms with Gasteiger partial charge in [0, 0.05) is 12.6 Å². The zero-order valence-electron chi connectivity index (χ0n) is 7.24. The molecule has 0 N–H and O–H groups in total. The van der Waals surface area contributed by atoms with Crippen molar-refractivity contribution in [1.29, 1.82) is 0 Å². The van der Waals surface area contributed by atoms with Crippen LogP contribution in [-0.2, 0) is 6.54 Å². The molecule has 0 radical (unpaired) electrons. The zero-order chi connectivity index (χ0) is 8.27. The van der Waals surface area contributed by atoms with Crippen molar-refractivity contribution < 1.29 is 4.74 Å². The Kier molecular flexibility index (Phi) is 2.52. The summed E-state index contributed by atoms with van der Waals surface area (Å²) in [6.07, 6.45) is 1.75. The molecule has 0 aliphatic heterocycles. The van der Waals surface area contributed by atoms with E-state index in [-0.39, 0.29) is 0 Å². The van der Waals surface area contributed by atoms with E-state index in [2.05, 4.69) is 18.9 Å². The summed E-state index contributed by atoms with van der Waals surface area (Å²) in [6, 6.07) is 1.86. The fourth-order valence-corrected chi connectivity index (χ4v) is 0.977. The van der Waals surface area contributed by atoms with Crippen LogP contribution in [0.2, 0.25) is 0 Å². The minimum atomic E-state index is 0.601. The fourth-order valence-electron chi connectivity index (χ4n) is 0.977. The summed E-state index contributed by atoms with van der Waals surface area (Å²) in [5.41, 5.74) is 0. The van der Waals surface area contributed by atoms with Gasteiger partial charge in [0.15, 0.2) is 0 Å². The second-order valence-electron chi connectivity index (χ2n) is 2.95. The molecule has 0 saturated carbocycles. The van der Waals surface area contributed by atoms with Crippen molar-refractivity contribution in [1.82, 2.24) is 9.78 Å². The number of ether oxygens (including phenoxy) is 1. The highest BCUT2D eigenvalue weighted by molar-refractivity contribution is 5.06. The van der Waals surface area contributed by atoms with Crippen LogP contribution in [0, 0.1) is 5.92 Å². The SMILES string of the molecule is COc1ccnn1CC(C)C. The molecule has 0 amide bonds. The van der Waals surface area contributed by atoms with Gasteiger partial charge in [-0.3, -0.25) is 0 Å². The third-order valence-corrected chi connectivity index (χ3v) is 1.42. The van der Waals surface area contributed by atoms with Gasteiger partial charge in [0.25, 0.3) is 0 Å².